The highest BCUT2D eigenvalue weighted by Gasteiger charge is 2.39. The number of methoxy groups -OCH3 is 2. The monoisotopic (exact) mass is 347 g/mol. The first-order valence-corrected chi connectivity index (χ1v) is 8.58. The summed E-state index contributed by atoms with van der Waals surface area (Å²) in [5, 5.41) is 0. The molecule has 2 aliphatic rings. The first kappa shape index (κ1) is 17.5. The number of hydrogen-bond donors (Lipinski definition) is 1. The number of benzene rings is 1. The molecule has 0 aliphatic carbocycles. The Hall–Kier alpha value is -2.28. The first-order chi connectivity index (χ1) is 12.1. The van der Waals surface area contributed by atoms with Gasteiger partial charge in [0.15, 0.2) is 11.5 Å². The van der Waals surface area contributed by atoms with E-state index < -0.39 is 0 Å². The molecular weight excluding hydrogens is 322 g/mol. The molecule has 136 valence electrons. The fraction of sp³-hybridized carbons (Fsp3) is 0.556. The Morgan fingerprint density at radius 1 is 1.24 bits per heavy atom. The summed E-state index contributed by atoms with van der Waals surface area (Å²) < 4.78 is 10.5. The van der Waals surface area contributed by atoms with Gasteiger partial charge in [0, 0.05) is 37.8 Å². The Balaban J connectivity index is 1.71. The molecule has 2 heterocycles. The highest BCUT2D eigenvalue weighted by Crippen LogP contribution is 2.34. The van der Waals surface area contributed by atoms with Gasteiger partial charge in [-0.25, -0.2) is 0 Å². The maximum atomic E-state index is 12.7. The Bertz CT molecular complexity index is 664. The van der Waals surface area contributed by atoms with Crippen LogP contribution in [0.25, 0.3) is 0 Å². The molecular formula is C18H25N3O4. The summed E-state index contributed by atoms with van der Waals surface area (Å²) in [6.07, 6.45) is 1.19. The van der Waals surface area contributed by atoms with Crippen molar-refractivity contribution < 1.29 is 19.1 Å². The van der Waals surface area contributed by atoms with Crippen LogP contribution in [0.4, 0.5) is 5.69 Å². The topological polar surface area (TPSA) is 85.1 Å². The molecule has 7 heteroatoms. The molecule has 0 bridgehead atoms. The van der Waals surface area contributed by atoms with Gasteiger partial charge < -0.3 is 25.0 Å². The highest BCUT2D eigenvalue weighted by atomic mass is 16.5. The summed E-state index contributed by atoms with van der Waals surface area (Å²) in [6, 6.07) is 5.35. The van der Waals surface area contributed by atoms with Crippen molar-refractivity contribution in [3.63, 3.8) is 0 Å². The highest BCUT2D eigenvalue weighted by molar-refractivity contribution is 6.00. The fourth-order valence-electron chi connectivity index (χ4n) is 3.60. The van der Waals surface area contributed by atoms with Gasteiger partial charge in [-0.3, -0.25) is 9.59 Å². The SMILES string of the molecule is COc1ccc(N2C[C@@H](C(=O)N3CC[C@H](CN)C3)CC2=O)cc1OC. The Labute approximate surface area is 147 Å². The van der Waals surface area contributed by atoms with Crippen molar-refractivity contribution in [1.82, 2.24) is 4.90 Å². The van der Waals surface area contributed by atoms with E-state index in [1.165, 1.54) is 0 Å². The smallest absolute Gasteiger partial charge is 0.228 e. The van der Waals surface area contributed by atoms with Gasteiger partial charge in [0.2, 0.25) is 11.8 Å². The zero-order valence-corrected chi connectivity index (χ0v) is 14.7. The van der Waals surface area contributed by atoms with Crippen molar-refractivity contribution in [2.75, 3.05) is 45.3 Å². The maximum Gasteiger partial charge on any atom is 0.228 e. The average molecular weight is 347 g/mol. The molecule has 7 nitrogen and oxygen atoms in total. The van der Waals surface area contributed by atoms with Gasteiger partial charge in [0.05, 0.1) is 20.1 Å². The lowest BCUT2D eigenvalue weighted by Gasteiger charge is -2.21. The van der Waals surface area contributed by atoms with E-state index >= 15 is 0 Å². The van der Waals surface area contributed by atoms with Crippen LogP contribution in [0.5, 0.6) is 11.5 Å². The molecule has 0 radical (unpaired) electrons. The lowest BCUT2D eigenvalue weighted by molar-refractivity contribution is -0.134. The van der Waals surface area contributed by atoms with E-state index in [1.54, 1.807) is 31.3 Å². The molecule has 3 rings (SSSR count). The maximum absolute atomic E-state index is 12.7. The van der Waals surface area contributed by atoms with Crippen LogP contribution in [0.15, 0.2) is 18.2 Å². The minimum Gasteiger partial charge on any atom is -0.493 e. The second-order valence-corrected chi connectivity index (χ2v) is 6.62. The third-order valence-electron chi connectivity index (χ3n) is 5.08. The van der Waals surface area contributed by atoms with Crippen LogP contribution in [0.2, 0.25) is 0 Å². The van der Waals surface area contributed by atoms with Crippen LogP contribution in [-0.2, 0) is 9.59 Å². The number of carbonyl (C=O) groups is 2. The quantitative estimate of drug-likeness (QED) is 0.854. The Kier molecular flexibility index (Phi) is 5.13. The summed E-state index contributed by atoms with van der Waals surface area (Å²) in [5.74, 6) is 1.27. The molecule has 2 atom stereocenters. The molecule has 2 amide bonds. The van der Waals surface area contributed by atoms with Crippen molar-refractivity contribution in [2.45, 2.75) is 12.8 Å². The third kappa shape index (κ3) is 3.42. The van der Waals surface area contributed by atoms with Crippen molar-refractivity contribution >= 4 is 17.5 Å². The molecule has 0 unspecified atom stereocenters. The van der Waals surface area contributed by atoms with Gasteiger partial charge in [-0.05, 0) is 31.0 Å². The molecule has 0 saturated carbocycles. The van der Waals surface area contributed by atoms with Crippen molar-refractivity contribution in [2.24, 2.45) is 17.6 Å². The predicted octanol–water partition coefficient (Wildman–Crippen LogP) is 0.864. The van der Waals surface area contributed by atoms with Gasteiger partial charge in [0.1, 0.15) is 0 Å². The summed E-state index contributed by atoms with van der Waals surface area (Å²) in [6.45, 7) is 2.44. The number of anilines is 1. The number of hydrogen-bond acceptors (Lipinski definition) is 5. The number of likely N-dealkylation sites (tertiary alicyclic amines) is 1. The fourth-order valence-corrected chi connectivity index (χ4v) is 3.60. The lowest BCUT2D eigenvalue weighted by Crippen LogP contribution is -2.36. The van der Waals surface area contributed by atoms with E-state index in [4.69, 9.17) is 15.2 Å². The summed E-state index contributed by atoms with van der Waals surface area (Å²) >= 11 is 0. The zero-order chi connectivity index (χ0) is 18.0. The number of carbonyl (C=O) groups excluding carboxylic acids is 2. The summed E-state index contributed by atoms with van der Waals surface area (Å²) in [4.78, 5) is 28.7. The molecule has 2 saturated heterocycles. The number of nitrogens with zero attached hydrogens (tertiary/aromatic N) is 2. The van der Waals surface area contributed by atoms with E-state index in [0.29, 0.717) is 37.1 Å². The molecule has 0 spiro atoms. The van der Waals surface area contributed by atoms with Crippen LogP contribution < -0.4 is 20.1 Å². The number of rotatable bonds is 5. The summed E-state index contributed by atoms with van der Waals surface area (Å²) in [5.41, 5.74) is 6.42. The van der Waals surface area contributed by atoms with E-state index in [0.717, 1.165) is 18.7 Å². The standard InChI is InChI=1S/C18H25N3O4/c1-24-15-4-3-14(8-16(15)25-2)21-11-13(7-17(21)22)18(23)20-6-5-12(9-19)10-20/h3-4,8,12-13H,5-7,9-11,19H2,1-2H3/t12-,13+/m1/s1. The van der Waals surface area contributed by atoms with E-state index in [1.807, 2.05) is 11.0 Å². The molecule has 0 aromatic heterocycles. The largest absolute Gasteiger partial charge is 0.493 e. The van der Waals surface area contributed by atoms with Gasteiger partial charge >= 0.3 is 0 Å². The van der Waals surface area contributed by atoms with Gasteiger partial charge in [-0.1, -0.05) is 0 Å². The molecule has 2 N–H and O–H groups in total. The number of nitrogens with two attached hydrogens (primary N) is 1. The molecule has 2 aliphatic heterocycles. The van der Waals surface area contributed by atoms with Crippen molar-refractivity contribution in [3.8, 4) is 11.5 Å². The second-order valence-electron chi connectivity index (χ2n) is 6.62. The Morgan fingerprint density at radius 2 is 2.00 bits per heavy atom. The van der Waals surface area contributed by atoms with Crippen molar-refractivity contribution in [1.29, 1.82) is 0 Å². The normalized spacial score (nSPS) is 23.2. The number of ether oxygens (including phenoxy) is 2. The van der Waals surface area contributed by atoms with E-state index in [-0.39, 0.29) is 24.2 Å². The zero-order valence-electron chi connectivity index (χ0n) is 14.7. The van der Waals surface area contributed by atoms with Crippen LogP contribution in [0.1, 0.15) is 12.8 Å². The minimum absolute atomic E-state index is 0.0415. The minimum atomic E-state index is -0.294. The third-order valence-corrected chi connectivity index (χ3v) is 5.08. The number of amides is 2. The first-order valence-electron chi connectivity index (χ1n) is 8.58. The molecule has 25 heavy (non-hydrogen) atoms. The second kappa shape index (κ2) is 7.31. The van der Waals surface area contributed by atoms with Gasteiger partial charge in [0.25, 0.3) is 0 Å². The molecule has 1 aromatic carbocycles. The molecule has 2 fully saturated rings. The Morgan fingerprint density at radius 3 is 2.64 bits per heavy atom. The van der Waals surface area contributed by atoms with Crippen molar-refractivity contribution in [3.05, 3.63) is 18.2 Å². The van der Waals surface area contributed by atoms with Crippen LogP contribution in [0.3, 0.4) is 0 Å². The lowest BCUT2D eigenvalue weighted by atomic mass is 10.1. The van der Waals surface area contributed by atoms with Gasteiger partial charge in [-0.15, -0.1) is 0 Å². The summed E-state index contributed by atoms with van der Waals surface area (Å²) in [7, 11) is 3.12. The predicted molar refractivity (Wildman–Crippen MR) is 93.7 cm³/mol. The van der Waals surface area contributed by atoms with Crippen LogP contribution in [0, 0.1) is 11.8 Å². The van der Waals surface area contributed by atoms with E-state index in [2.05, 4.69) is 0 Å². The van der Waals surface area contributed by atoms with Gasteiger partial charge in [-0.2, -0.15) is 0 Å². The average Bonchev–Trinajstić information content (AvgIpc) is 3.27. The van der Waals surface area contributed by atoms with Crippen LogP contribution in [-0.4, -0.2) is 57.1 Å². The van der Waals surface area contributed by atoms with Crippen LogP contribution >= 0.6 is 0 Å². The van der Waals surface area contributed by atoms with E-state index in [9.17, 15) is 9.59 Å². The molecule has 1 aromatic rings.